The Labute approximate surface area is 128 Å². The highest BCUT2D eigenvalue weighted by atomic mass is 32.1. The number of hydrogen-bond donors (Lipinski definition) is 1. The van der Waals surface area contributed by atoms with Gasteiger partial charge in [0, 0.05) is 30.9 Å². The Morgan fingerprint density at radius 1 is 0.905 bits per heavy atom. The number of nitrogens with one attached hydrogen (secondary N) is 1. The van der Waals surface area contributed by atoms with Gasteiger partial charge in [-0.2, -0.15) is 0 Å². The van der Waals surface area contributed by atoms with Gasteiger partial charge < -0.3 is 14.3 Å². The van der Waals surface area contributed by atoms with Crippen LogP contribution in [0.5, 0.6) is 0 Å². The van der Waals surface area contributed by atoms with Gasteiger partial charge in [0.25, 0.3) is 4.84 Å². The number of aromatic nitrogens is 1. The van der Waals surface area contributed by atoms with E-state index in [9.17, 15) is 0 Å². The summed E-state index contributed by atoms with van der Waals surface area (Å²) in [5.74, 6) is 0.775. The molecule has 3 nitrogen and oxygen atoms in total. The van der Waals surface area contributed by atoms with Gasteiger partial charge in [0.15, 0.2) is 5.76 Å². The van der Waals surface area contributed by atoms with Crippen LogP contribution in [-0.4, -0.2) is 19.1 Å². The lowest BCUT2D eigenvalue weighted by atomic mass is 10.1. The van der Waals surface area contributed by atoms with Crippen LogP contribution in [0.25, 0.3) is 22.6 Å². The fourth-order valence-corrected chi connectivity index (χ4v) is 2.44. The SMILES string of the molecule is CN(C)c1ccc(-c2oc(=S)[nH]c2-c2ccccc2)cc1. The first-order valence-corrected chi connectivity index (χ1v) is 7.12. The number of oxazole rings is 1. The van der Waals surface area contributed by atoms with Gasteiger partial charge in [-0.05, 0) is 36.5 Å². The number of hydrogen-bond acceptors (Lipinski definition) is 3. The number of nitrogens with zero attached hydrogens (tertiary/aromatic N) is 1. The first kappa shape index (κ1) is 13.6. The predicted molar refractivity (Wildman–Crippen MR) is 89.1 cm³/mol. The molecule has 0 aliphatic carbocycles. The summed E-state index contributed by atoms with van der Waals surface area (Å²) in [6.45, 7) is 0. The molecule has 106 valence electrons. The highest BCUT2D eigenvalue weighted by Gasteiger charge is 2.12. The van der Waals surface area contributed by atoms with Crippen molar-refractivity contribution in [2.75, 3.05) is 19.0 Å². The molecule has 4 heteroatoms. The third kappa shape index (κ3) is 2.76. The Balaban J connectivity index is 2.09. The average molecular weight is 296 g/mol. The minimum Gasteiger partial charge on any atom is -0.429 e. The van der Waals surface area contributed by atoms with Gasteiger partial charge >= 0.3 is 0 Å². The molecule has 0 saturated heterocycles. The molecule has 0 bridgehead atoms. The maximum Gasteiger partial charge on any atom is 0.266 e. The molecule has 3 rings (SSSR count). The molecule has 0 amide bonds. The van der Waals surface area contributed by atoms with Crippen LogP contribution in [-0.2, 0) is 0 Å². The maximum atomic E-state index is 5.70. The van der Waals surface area contributed by atoms with Crippen molar-refractivity contribution in [3.63, 3.8) is 0 Å². The van der Waals surface area contributed by atoms with Gasteiger partial charge in [-0.1, -0.05) is 30.3 Å². The Hall–Kier alpha value is -2.33. The van der Waals surface area contributed by atoms with Crippen LogP contribution in [0.1, 0.15) is 0 Å². The molecule has 0 saturated carbocycles. The van der Waals surface area contributed by atoms with Crippen molar-refractivity contribution in [1.82, 2.24) is 4.98 Å². The molecule has 0 aliphatic rings. The smallest absolute Gasteiger partial charge is 0.266 e. The lowest BCUT2D eigenvalue weighted by Crippen LogP contribution is -2.07. The summed E-state index contributed by atoms with van der Waals surface area (Å²) >= 11 is 5.16. The molecule has 2 aromatic carbocycles. The normalized spacial score (nSPS) is 10.6. The van der Waals surface area contributed by atoms with E-state index in [0.29, 0.717) is 4.84 Å². The zero-order chi connectivity index (χ0) is 14.8. The summed E-state index contributed by atoms with van der Waals surface area (Å²) in [6, 6.07) is 18.3. The number of benzene rings is 2. The molecule has 0 atom stereocenters. The van der Waals surface area contributed by atoms with Crippen LogP contribution in [0.3, 0.4) is 0 Å². The second kappa shape index (κ2) is 5.58. The molecule has 0 spiro atoms. The number of anilines is 1. The van der Waals surface area contributed by atoms with Gasteiger partial charge in [0.2, 0.25) is 0 Å². The average Bonchev–Trinajstić information content (AvgIpc) is 2.90. The zero-order valence-electron chi connectivity index (χ0n) is 12.0. The summed E-state index contributed by atoms with van der Waals surface area (Å²) < 4.78 is 5.70. The monoisotopic (exact) mass is 296 g/mol. The van der Waals surface area contributed by atoms with Gasteiger partial charge in [-0.25, -0.2) is 0 Å². The highest BCUT2D eigenvalue weighted by molar-refractivity contribution is 7.71. The van der Waals surface area contributed by atoms with E-state index in [0.717, 1.165) is 28.3 Å². The first-order chi connectivity index (χ1) is 10.1. The van der Waals surface area contributed by atoms with E-state index in [1.807, 2.05) is 56.6 Å². The number of H-pyrrole nitrogens is 1. The standard InChI is InChI=1S/C17H16N2OS/c1-19(2)14-10-8-13(9-11-14)16-15(18-17(21)20-16)12-6-4-3-5-7-12/h3-11H,1-2H3,(H,18,21). The predicted octanol–water partition coefficient (Wildman–Crippen LogP) is 4.74. The molecular weight excluding hydrogens is 280 g/mol. The topological polar surface area (TPSA) is 32.2 Å². The second-order valence-corrected chi connectivity index (χ2v) is 5.40. The molecular formula is C17H16N2OS. The van der Waals surface area contributed by atoms with E-state index in [1.54, 1.807) is 0 Å². The van der Waals surface area contributed by atoms with Crippen LogP contribution in [0.2, 0.25) is 0 Å². The van der Waals surface area contributed by atoms with Crippen molar-refractivity contribution >= 4 is 17.9 Å². The maximum absolute atomic E-state index is 5.70. The summed E-state index contributed by atoms with van der Waals surface area (Å²) in [5.41, 5.74) is 4.13. The van der Waals surface area contributed by atoms with E-state index in [4.69, 9.17) is 16.6 Å². The number of rotatable bonds is 3. The molecule has 0 aliphatic heterocycles. The summed E-state index contributed by atoms with van der Waals surface area (Å²) in [4.78, 5) is 5.59. The third-order valence-corrected chi connectivity index (χ3v) is 3.54. The van der Waals surface area contributed by atoms with Crippen molar-refractivity contribution in [3.8, 4) is 22.6 Å². The molecule has 0 fully saturated rings. The molecule has 1 aromatic heterocycles. The summed E-state index contributed by atoms with van der Waals surface area (Å²) in [5, 5.41) is 0. The Kier molecular flexibility index (Phi) is 3.62. The van der Waals surface area contributed by atoms with Crippen LogP contribution in [0.4, 0.5) is 5.69 Å². The van der Waals surface area contributed by atoms with E-state index in [-0.39, 0.29) is 0 Å². The van der Waals surface area contributed by atoms with Crippen molar-refractivity contribution in [1.29, 1.82) is 0 Å². The molecule has 1 heterocycles. The van der Waals surface area contributed by atoms with E-state index in [2.05, 4.69) is 22.0 Å². The third-order valence-electron chi connectivity index (χ3n) is 3.36. The van der Waals surface area contributed by atoms with Gasteiger partial charge in [-0.3, -0.25) is 0 Å². The minimum absolute atomic E-state index is 0.389. The molecule has 0 unspecified atom stereocenters. The van der Waals surface area contributed by atoms with Crippen molar-refractivity contribution in [3.05, 3.63) is 59.4 Å². The van der Waals surface area contributed by atoms with E-state index in [1.165, 1.54) is 0 Å². The second-order valence-electron chi connectivity index (χ2n) is 5.03. The lowest BCUT2D eigenvalue weighted by molar-refractivity contribution is 0.554. The van der Waals surface area contributed by atoms with Crippen molar-refractivity contribution in [2.45, 2.75) is 0 Å². The Bertz CT molecular complexity index is 786. The highest BCUT2D eigenvalue weighted by Crippen LogP contribution is 2.32. The largest absolute Gasteiger partial charge is 0.429 e. The zero-order valence-corrected chi connectivity index (χ0v) is 12.8. The summed E-state index contributed by atoms with van der Waals surface area (Å²) in [7, 11) is 4.04. The van der Waals surface area contributed by atoms with Crippen LogP contribution < -0.4 is 4.90 Å². The first-order valence-electron chi connectivity index (χ1n) is 6.71. The number of aromatic amines is 1. The fourth-order valence-electron chi connectivity index (χ4n) is 2.25. The van der Waals surface area contributed by atoms with Crippen molar-refractivity contribution in [2.24, 2.45) is 0 Å². The van der Waals surface area contributed by atoms with Gasteiger partial charge in [-0.15, -0.1) is 0 Å². The lowest BCUT2D eigenvalue weighted by Gasteiger charge is -2.12. The fraction of sp³-hybridized carbons (Fsp3) is 0.118. The van der Waals surface area contributed by atoms with Crippen molar-refractivity contribution < 1.29 is 4.42 Å². The van der Waals surface area contributed by atoms with E-state index < -0.39 is 0 Å². The molecule has 21 heavy (non-hydrogen) atoms. The van der Waals surface area contributed by atoms with Gasteiger partial charge in [0.05, 0.1) is 5.69 Å². The van der Waals surface area contributed by atoms with Crippen LogP contribution >= 0.6 is 12.2 Å². The quantitative estimate of drug-likeness (QED) is 0.709. The molecule has 3 aromatic rings. The Morgan fingerprint density at radius 3 is 2.19 bits per heavy atom. The Morgan fingerprint density at radius 2 is 1.57 bits per heavy atom. The molecule has 0 radical (unpaired) electrons. The molecule has 1 N–H and O–H groups in total. The summed E-state index contributed by atoms with van der Waals surface area (Å²) in [6.07, 6.45) is 0. The van der Waals surface area contributed by atoms with E-state index >= 15 is 0 Å². The van der Waals surface area contributed by atoms with Crippen LogP contribution in [0.15, 0.2) is 59.0 Å². The van der Waals surface area contributed by atoms with Gasteiger partial charge in [0.1, 0.15) is 0 Å². The minimum atomic E-state index is 0.389. The van der Waals surface area contributed by atoms with Crippen LogP contribution in [0, 0.1) is 4.84 Å².